The van der Waals surface area contributed by atoms with Gasteiger partial charge < -0.3 is 4.74 Å². The van der Waals surface area contributed by atoms with Gasteiger partial charge in [-0.1, -0.05) is 33.8 Å². The molecule has 0 atom stereocenters. The van der Waals surface area contributed by atoms with Crippen molar-refractivity contribution in [2.24, 2.45) is 5.41 Å². The van der Waals surface area contributed by atoms with E-state index in [1.807, 2.05) is 20.8 Å². The Morgan fingerprint density at radius 3 is 2.46 bits per heavy atom. The number of aromatic nitrogens is 2. The number of amides is 1. The standard InChI is InChI=1S/C17H20F3N3O3/c1-5-12-21-14-10(7-6-8-11(14)26-17(18,19)20)15(25)23(12)22-13(24)9-16(2,3)4/h6-8H,5,9H2,1-4H3,(H,22,24). The van der Waals surface area contributed by atoms with Crippen molar-refractivity contribution in [3.63, 3.8) is 0 Å². The number of benzene rings is 1. The molecule has 1 heterocycles. The predicted molar refractivity (Wildman–Crippen MR) is 90.5 cm³/mol. The van der Waals surface area contributed by atoms with E-state index >= 15 is 0 Å². The number of rotatable bonds is 4. The minimum atomic E-state index is -4.90. The Bertz CT molecular complexity index is 883. The van der Waals surface area contributed by atoms with Gasteiger partial charge in [0.15, 0.2) is 5.75 Å². The number of hydrogen-bond acceptors (Lipinski definition) is 4. The molecule has 0 aliphatic rings. The summed E-state index contributed by atoms with van der Waals surface area (Å²) in [4.78, 5) is 29.0. The zero-order valence-corrected chi connectivity index (χ0v) is 14.9. The second kappa shape index (κ2) is 6.97. The number of nitrogens with zero attached hydrogens (tertiary/aromatic N) is 2. The Morgan fingerprint density at radius 1 is 1.27 bits per heavy atom. The highest BCUT2D eigenvalue weighted by Gasteiger charge is 2.32. The van der Waals surface area contributed by atoms with E-state index in [0.29, 0.717) is 0 Å². The predicted octanol–water partition coefficient (Wildman–Crippen LogP) is 3.36. The minimum absolute atomic E-state index is 0.0833. The lowest BCUT2D eigenvalue weighted by Crippen LogP contribution is -2.37. The van der Waals surface area contributed by atoms with Crippen LogP contribution < -0.4 is 15.7 Å². The van der Waals surface area contributed by atoms with Crippen LogP contribution in [0.25, 0.3) is 10.9 Å². The zero-order chi connectivity index (χ0) is 19.7. The third-order valence-corrected chi connectivity index (χ3v) is 3.40. The maximum Gasteiger partial charge on any atom is 0.573 e. The van der Waals surface area contributed by atoms with E-state index in [2.05, 4.69) is 15.1 Å². The molecule has 0 aliphatic carbocycles. The SMILES string of the molecule is CCc1nc2c(OC(F)(F)F)cccc2c(=O)n1NC(=O)CC(C)(C)C. The van der Waals surface area contributed by atoms with E-state index in [0.717, 1.165) is 10.7 Å². The fourth-order valence-corrected chi connectivity index (χ4v) is 2.43. The Balaban J connectivity index is 2.55. The van der Waals surface area contributed by atoms with Gasteiger partial charge in [0.2, 0.25) is 5.91 Å². The second-order valence-corrected chi connectivity index (χ2v) is 6.99. The van der Waals surface area contributed by atoms with Crippen molar-refractivity contribution in [3.8, 4) is 5.75 Å². The minimum Gasteiger partial charge on any atom is -0.403 e. The van der Waals surface area contributed by atoms with Crippen LogP contribution in [-0.2, 0) is 11.2 Å². The molecule has 6 nitrogen and oxygen atoms in total. The maximum absolute atomic E-state index is 12.7. The average Bonchev–Trinajstić information content (AvgIpc) is 2.47. The fraction of sp³-hybridized carbons (Fsp3) is 0.471. The summed E-state index contributed by atoms with van der Waals surface area (Å²) in [7, 11) is 0. The average molecular weight is 371 g/mol. The molecule has 1 aromatic heterocycles. The maximum atomic E-state index is 12.7. The molecule has 1 amide bonds. The monoisotopic (exact) mass is 371 g/mol. The molecule has 0 bridgehead atoms. The lowest BCUT2D eigenvalue weighted by atomic mass is 9.92. The molecule has 0 saturated heterocycles. The highest BCUT2D eigenvalue weighted by molar-refractivity contribution is 5.86. The van der Waals surface area contributed by atoms with Crippen LogP contribution in [0.3, 0.4) is 0 Å². The topological polar surface area (TPSA) is 73.2 Å². The molecule has 9 heteroatoms. The summed E-state index contributed by atoms with van der Waals surface area (Å²) in [5.74, 6) is -0.823. The number of para-hydroxylation sites is 1. The first kappa shape index (κ1) is 19.7. The molecule has 0 saturated carbocycles. The van der Waals surface area contributed by atoms with E-state index in [1.54, 1.807) is 6.92 Å². The third kappa shape index (κ3) is 4.74. The quantitative estimate of drug-likeness (QED) is 0.894. The molecule has 1 N–H and O–H groups in total. The molecule has 0 fully saturated rings. The lowest BCUT2D eigenvalue weighted by Gasteiger charge is -2.19. The van der Waals surface area contributed by atoms with Gasteiger partial charge in [0.25, 0.3) is 5.56 Å². The van der Waals surface area contributed by atoms with E-state index in [-0.39, 0.29) is 35.0 Å². The number of fused-ring (bicyclic) bond motifs is 1. The number of halogens is 3. The normalized spacial score (nSPS) is 12.3. The van der Waals surface area contributed by atoms with Crippen LogP contribution in [0.15, 0.2) is 23.0 Å². The molecule has 0 unspecified atom stereocenters. The Labute approximate surface area is 148 Å². The Kier molecular flexibility index (Phi) is 5.29. The van der Waals surface area contributed by atoms with Crippen molar-refractivity contribution in [2.75, 3.05) is 5.43 Å². The number of hydrogen-bond donors (Lipinski definition) is 1. The molecule has 26 heavy (non-hydrogen) atoms. The summed E-state index contributed by atoms with van der Waals surface area (Å²) in [6, 6.07) is 3.68. The van der Waals surface area contributed by atoms with Crippen molar-refractivity contribution in [1.82, 2.24) is 9.66 Å². The van der Waals surface area contributed by atoms with Crippen molar-refractivity contribution in [3.05, 3.63) is 34.4 Å². The van der Waals surface area contributed by atoms with E-state index in [4.69, 9.17) is 0 Å². The van der Waals surface area contributed by atoms with Crippen molar-refractivity contribution < 1.29 is 22.7 Å². The van der Waals surface area contributed by atoms with Crippen LogP contribution in [0, 0.1) is 5.41 Å². The number of carbonyl (C=O) groups excluding carboxylic acids is 1. The van der Waals surface area contributed by atoms with Gasteiger partial charge in [-0.05, 0) is 17.5 Å². The van der Waals surface area contributed by atoms with Crippen molar-refractivity contribution in [2.45, 2.75) is 46.9 Å². The van der Waals surface area contributed by atoms with Crippen molar-refractivity contribution in [1.29, 1.82) is 0 Å². The number of ether oxygens (including phenoxy) is 1. The van der Waals surface area contributed by atoms with Crippen LogP contribution >= 0.6 is 0 Å². The summed E-state index contributed by atoms with van der Waals surface area (Å²) in [6.45, 7) is 7.29. The highest BCUT2D eigenvalue weighted by Crippen LogP contribution is 2.28. The van der Waals surface area contributed by atoms with E-state index in [1.165, 1.54) is 12.1 Å². The van der Waals surface area contributed by atoms with Gasteiger partial charge in [0.05, 0.1) is 5.39 Å². The summed E-state index contributed by atoms with van der Waals surface area (Å²) in [5.41, 5.74) is 1.33. The first-order valence-electron chi connectivity index (χ1n) is 8.01. The molecule has 0 aliphatic heterocycles. The van der Waals surface area contributed by atoms with Gasteiger partial charge in [-0.2, -0.15) is 0 Å². The van der Waals surface area contributed by atoms with Crippen LogP contribution in [-0.4, -0.2) is 21.9 Å². The highest BCUT2D eigenvalue weighted by atomic mass is 19.4. The summed E-state index contributed by atoms with van der Waals surface area (Å²) >= 11 is 0. The fourth-order valence-electron chi connectivity index (χ4n) is 2.43. The Morgan fingerprint density at radius 2 is 1.92 bits per heavy atom. The molecular formula is C17H20F3N3O3. The molecule has 142 valence electrons. The van der Waals surface area contributed by atoms with Gasteiger partial charge in [-0.3, -0.25) is 15.0 Å². The number of nitrogens with one attached hydrogen (secondary N) is 1. The largest absolute Gasteiger partial charge is 0.573 e. The summed E-state index contributed by atoms with van der Waals surface area (Å²) in [5, 5.41) is -0.0833. The van der Waals surface area contributed by atoms with Crippen LogP contribution in [0.5, 0.6) is 5.75 Å². The first-order chi connectivity index (χ1) is 11.9. The summed E-state index contributed by atoms with van der Waals surface area (Å²) < 4.78 is 42.7. The van der Waals surface area contributed by atoms with Crippen molar-refractivity contribution >= 4 is 16.8 Å². The van der Waals surface area contributed by atoms with Gasteiger partial charge in [0.1, 0.15) is 11.3 Å². The van der Waals surface area contributed by atoms with E-state index in [9.17, 15) is 22.8 Å². The second-order valence-electron chi connectivity index (χ2n) is 6.99. The molecule has 2 aromatic rings. The molecule has 1 aromatic carbocycles. The lowest BCUT2D eigenvalue weighted by molar-refractivity contribution is -0.274. The first-order valence-corrected chi connectivity index (χ1v) is 8.01. The van der Waals surface area contributed by atoms with Crippen LogP contribution in [0.1, 0.15) is 39.9 Å². The van der Waals surface area contributed by atoms with Gasteiger partial charge in [0, 0.05) is 12.8 Å². The van der Waals surface area contributed by atoms with Crippen LogP contribution in [0.4, 0.5) is 13.2 Å². The zero-order valence-electron chi connectivity index (χ0n) is 14.9. The van der Waals surface area contributed by atoms with Gasteiger partial charge >= 0.3 is 6.36 Å². The van der Waals surface area contributed by atoms with Gasteiger partial charge in [-0.25, -0.2) is 9.66 Å². The number of carbonyl (C=O) groups is 1. The number of alkyl halides is 3. The third-order valence-electron chi connectivity index (χ3n) is 3.40. The van der Waals surface area contributed by atoms with Gasteiger partial charge in [-0.15, -0.1) is 13.2 Å². The molecule has 2 rings (SSSR count). The molecule has 0 radical (unpaired) electrons. The smallest absolute Gasteiger partial charge is 0.403 e. The Hall–Kier alpha value is -2.58. The molecular weight excluding hydrogens is 351 g/mol. The van der Waals surface area contributed by atoms with Crippen LogP contribution in [0.2, 0.25) is 0 Å². The number of aryl methyl sites for hydroxylation is 1. The van der Waals surface area contributed by atoms with E-state index < -0.39 is 23.6 Å². The summed E-state index contributed by atoms with van der Waals surface area (Å²) in [6.07, 6.45) is -4.52. The molecule has 0 spiro atoms.